The van der Waals surface area contributed by atoms with Gasteiger partial charge in [-0.25, -0.2) is 0 Å². The van der Waals surface area contributed by atoms with E-state index in [4.69, 9.17) is 0 Å². The van der Waals surface area contributed by atoms with Crippen LogP contribution in [0.2, 0.25) is 0 Å². The summed E-state index contributed by atoms with van der Waals surface area (Å²) in [6, 6.07) is -1.00. The van der Waals surface area contributed by atoms with Gasteiger partial charge in [-0.15, -0.1) is 0 Å². The highest BCUT2D eigenvalue weighted by atomic mass is 16.3. The molecule has 63 heavy (non-hydrogen) atoms. The second-order valence-corrected chi connectivity index (χ2v) is 19.6. The summed E-state index contributed by atoms with van der Waals surface area (Å²) in [7, 11) is 0. The summed E-state index contributed by atoms with van der Waals surface area (Å²) in [6.07, 6.45) is 62.6. The summed E-state index contributed by atoms with van der Waals surface area (Å²) in [5.41, 5.74) is 0. The molecule has 0 saturated carbocycles. The van der Waals surface area contributed by atoms with Crippen molar-refractivity contribution in [1.82, 2.24) is 5.32 Å². The molecule has 4 unspecified atom stereocenters. The molecule has 4 atom stereocenters. The highest BCUT2D eigenvalue weighted by molar-refractivity contribution is 5.80. The first-order valence-electron chi connectivity index (χ1n) is 28.2. The lowest BCUT2D eigenvalue weighted by Gasteiger charge is -2.27. The van der Waals surface area contributed by atoms with Gasteiger partial charge >= 0.3 is 0 Å². The number of amides is 1. The van der Waals surface area contributed by atoms with Gasteiger partial charge in [-0.2, -0.15) is 0 Å². The first kappa shape index (κ1) is 61.8. The van der Waals surface area contributed by atoms with Crippen molar-refractivity contribution in [2.45, 2.75) is 327 Å². The Balaban J connectivity index is 3.60. The number of hydrogen-bond acceptors (Lipinski definition) is 5. The van der Waals surface area contributed by atoms with Crippen molar-refractivity contribution < 1.29 is 25.2 Å². The van der Waals surface area contributed by atoms with Crippen LogP contribution in [0.25, 0.3) is 0 Å². The summed E-state index contributed by atoms with van der Waals surface area (Å²) in [5.74, 6) is -0.595. The molecule has 0 aromatic heterocycles. The standard InChI is InChI=1S/C57H111NO5/c1-3-5-7-9-11-13-15-17-19-21-22-23-24-25-26-27-28-29-30-31-32-33-34-35-37-38-40-42-44-46-48-50-54(60)56(62)53(52-59)58-57(63)55(61)51-49-47-45-43-41-39-36-20-18-16-14-12-10-8-6-4-2/h18,20,42,44,53-56,59-62H,3-17,19,21-41,43,45-52H2,1-2H3,(H,58,63)/b20-18-,44-42+. The molecule has 374 valence electrons. The van der Waals surface area contributed by atoms with Crippen molar-refractivity contribution in [2.75, 3.05) is 6.61 Å². The molecule has 0 aliphatic carbocycles. The van der Waals surface area contributed by atoms with E-state index in [0.717, 1.165) is 44.9 Å². The summed E-state index contributed by atoms with van der Waals surface area (Å²) < 4.78 is 0. The largest absolute Gasteiger partial charge is 0.394 e. The fraction of sp³-hybridized carbons (Fsp3) is 0.912. The molecule has 0 aliphatic heterocycles. The minimum atomic E-state index is -1.28. The molecule has 6 nitrogen and oxygen atoms in total. The molecule has 5 N–H and O–H groups in total. The Morgan fingerprint density at radius 2 is 0.651 bits per heavy atom. The number of allylic oxidation sites excluding steroid dienone is 4. The van der Waals surface area contributed by atoms with Crippen molar-refractivity contribution in [3.8, 4) is 0 Å². The predicted octanol–water partition coefficient (Wildman–Crippen LogP) is 16.3. The van der Waals surface area contributed by atoms with E-state index in [9.17, 15) is 25.2 Å². The number of nitrogens with one attached hydrogen (secondary N) is 1. The highest BCUT2D eigenvalue weighted by Crippen LogP contribution is 2.18. The van der Waals surface area contributed by atoms with E-state index in [-0.39, 0.29) is 0 Å². The number of rotatable bonds is 52. The average Bonchev–Trinajstić information content (AvgIpc) is 3.29. The maximum absolute atomic E-state index is 12.6. The van der Waals surface area contributed by atoms with Crippen molar-refractivity contribution in [2.24, 2.45) is 0 Å². The van der Waals surface area contributed by atoms with Crippen LogP contribution in [0.1, 0.15) is 303 Å². The zero-order chi connectivity index (χ0) is 45.9. The van der Waals surface area contributed by atoms with Gasteiger partial charge in [0.25, 0.3) is 0 Å². The lowest BCUT2D eigenvalue weighted by molar-refractivity contribution is -0.132. The van der Waals surface area contributed by atoms with Gasteiger partial charge in [-0.3, -0.25) is 4.79 Å². The van der Waals surface area contributed by atoms with E-state index in [1.165, 1.54) is 231 Å². The van der Waals surface area contributed by atoms with E-state index in [1.54, 1.807) is 0 Å². The molecule has 0 heterocycles. The molecule has 6 heteroatoms. The fourth-order valence-corrected chi connectivity index (χ4v) is 8.93. The molecule has 1 amide bonds. The first-order valence-corrected chi connectivity index (χ1v) is 28.2. The molecule has 0 rings (SSSR count). The van der Waals surface area contributed by atoms with Crippen LogP contribution >= 0.6 is 0 Å². The van der Waals surface area contributed by atoms with Crippen LogP contribution in [-0.4, -0.2) is 57.3 Å². The lowest BCUT2D eigenvalue weighted by atomic mass is 10.00. The number of hydrogen-bond donors (Lipinski definition) is 5. The van der Waals surface area contributed by atoms with Crippen LogP contribution in [-0.2, 0) is 4.79 Å². The van der Waals surface area contributed by atoms with Crippen LogP contribution < -0.4 is 5.32 Å². The smallest absolute Gasteiger partial charge is 0.249 e. The molecule has 0 bridgehead atoms. The third-order valence-electron chi connectivity index (χ3n) is 13.4. The van der Waals surface area contributed by atoms with Crippen LogP contribution in [0.3, 0.4) is 0 Å². The Kier molecular flexibility index (Phi) is 50.8. The third-order valence-corrected chi connectivity index (χ3v) is 13.4. The van der Waals surface area contributed by atoms with Gasteiger partial charge in [0.15, 0.2) is 0 Å². The molecule has 0 fully saturated rings. The molecule has 0 aromatic carbocycles. The van der Waals surface area contributed by atoms with Crippen molar-refractivity contribution >= 4 is 5.91 Å². The molecule has 0 aliphatic rings. The quantitative estimate of drug-likeness (QED) is 0.0309. The summed E-state index contributed by atoms with van der Waals surface area (Å²) in [4.78, 5) is 12.6. The second-order valence-electron chi connectivity index (χ2n) is 19.6. The molecule has 0 saturated heterocycles. The van der Waals surface area contributed by atoms with Gasteiger partial charge in [0.05, 0.1) is 18.8 Å². The van der Waals surface area contributed by atoms with E-state index < -0.39 is 36.9 Å². The topological polar surface area (TPSA) is 110 Å². The number of carbonyl (C=O) groups is 1. The predicted molar refractivity (Wildman–Crippen MR) is 274 cm³/mol. The van der Waals surface area contributed by atoms with E-state index in [2.05, 4.69) is 43.5 Å². The minimum Gasteiger partial charge on any atom is -0.394 e. The third kappa shape index (κ3) is 45.7. The van der Waals surface area contributed by atoms with Crippen LogP contribution in [0.15, 0.2) is 24.3 Å². The monoisotopic (exact) mass is 890 g/mol. The maximum Gasteiger partial charge on any atom is 0.249 e. The fourth-order valence-electron chi connectivity index (χ4n) is 8.93. The average molecular weight is 891 g/mol. The van der Waals surface area contributed by atoms with Crippen molar-refractivity contribution in [1.29, 1.82) is 0 Å². The lowest BCUT2D eigenvalue weighted by Crippen LogP contribution is -2.53. The zero-order valence-electron chi connectivity index (χ0n) is 42.3. The normalized spacial score (nSPS) is 13.9. The highest BCUT2D eigenvalue weighted by Gasteiger charge is 2.28. The van der Waals surface area contributed by atoms with Crippen molar-refractivity contribution in [3.05, 3.63) is 24.3 Å². The van der Waals surface area contributed by atoms with Crippen LogP contribution in [0.5, 0.6) is 0 Å². The van der Waals surface area contributed by atoms with Crippen LogP contribution in [0.4, 0.5) is 0 Å². The van der Waals surface area contributed by atoms with E-state index in [1.807, 2.05) is 0 Å². The first-order chi connectivity index (χ1) is 31.0. The molecule has 0 spiro atoms. The summed E-state index contributed by atoms with van der Waals surface area (Å²) in [6.45, 7) is 4.06. The Morgan fingerprint density at radius 1 is 0.381 bits per heavy atom. The van der Waals surface area contributed by atoms with Gasteiger partial charge in [-0.05, 0) is 64.2 Å². The van der Waals surface area contributed by atoms with Gasteiger partial charge in [0, 0.05) is 0 Å². The Labute approximate surface area is 393 Å². The number of unbranched alkanes of at least 4 members (excludes halogenated alkanes) is 39. The second kappa shape index (κ2) is 51.8. The molecular formula is C57H111NO5. The minimum absolute atomic E-state index is 0.357. The van der Waals surface area contributed by atoms with Gasteiger partial charge in [-0.1, -0.05) is 263 Å². The SMILES string of the molecule is CCCCCCCC/C=C\CCCCCCCCC(O)C(=O)NC(CO)C(O)C(O)CCC/C=C/CCCCCCCCCCCCCCCCCCCCCCCCCCCC. The molecule has 0 aromatic rings. The van der Waals surface area contributed by atoms with Gasteiger partial charge < -0.3 is 25.7 Å². The van der Waals surface area contributed by atoms with E-state index >= 15 is 0 Å². The Hall–Kier alpha value is -1.21. The molecule has 0 radical (unpaired) electrons. The van der Waals surface area contributed by atoms with E-state index in [0.29, 0.717) is 12.8 Å². The molecular weight excluding hydrogens is 779 g/mol. The number of aliphatic hydroxyl groups is 4. The number of aliphatic hydroxyl groups excluding tert-OH is 4. The summed E-state index contributed by atoms with van der Waals surface area (Å²) in [5, 5.41) is 43.9. The Morgan fingerprint density at radius 3 is 0.952 bits per heavy atom. The van der Waals surface area contributed by atoms with Crippen LogP contribution in [0, 0.1) is 0 Å². The number of carbonyl (C=O) groups excluding carboxylic acids is 1. The van der Waals surface area contributed by atoms with Gasteiger partial charge in [0.1, 0.15) is 12.2 Å². The van der Waals surface area contributed by atoms with Crippen molar-refractivity contribution in [3.63, 3.8) is 0 Å². The summed E-state index contributed by atoms with van der Waals surface area (Å²) >= 11 is 0. The Bertz CT molecular complexity index is 955. The maximum atomic E-state index is 12.6. The van der Waals surface area contributed by atoms with Gasteiger partial charge in [0.2, 0.25) is 5.91 Å². The zero-order valence-corrected chi connectivity index (χ0v) is 42.3.